The molecule has 0 radical (unpaired) electrons. The highest BCUT2D eigenvalue weighted by molar-refractivity contribution is 6.17. The van der Waals surface area contributed by atoms with Gasteiger partial charge < -0.3 is 0 Å². The van der Waals surface area contributed by atoms with Crippen molar-refractivity contribution in [2.75, 3.05) is 5.88 Å². The van der Waals surface area contributed by atoms with Gasteiger partial charge in [0.2, 0.25) is 0 Å². The van der Waals surface area contributed by atoms with Crippen molar-refractivity contribution in [2.45, 2.75) is 19.8 Å². The molecule has 13 heavy (non-hydrogen) atoms. The molecule has 0 spiro atoms. The predicted octanol–water partition coefficient (Wildman–Crippen LogP) is 1.93. The lowest BCUT2D eigenvalue weighted by atomic mass is 10.1. The van der Waals surface area contributed by atoms with Crippen LogP contribution in [0, 0.1) is 0 Å². The van der Waals surface area contributed by atoms with Gasteiger partial charge in [0, 0.05) is 25.5 Å². The van der Waals surface area contributed by atoms with Gasteiger partial charge in [-0.25, -0.2) is 0 Å². The van der Waals surface area contributed by atoms with Crippen LogP contribution in [0.15, 0.2) is 17.8 Å². The summed E-state index contributed by atoms with van der Waals surface area (Å²) in [5, 5.41) is 7.87. The van der Waals surface area contributed by atoms with Crippen LogP contribution in [0.1, 0.15) is 19.0 Å². The summed E-state index contributed by atoms with van der Waals surface area (Å²) in [6, 6.07) is 0. The molecule has 72 valence electrons. The molecule has 1 rings (SSSR count). The quantitative estimate of drug-likeness (QED) is 0.548. The van der Waals surface area contributed by atoms with Gasteiger partial charge in [0.05, 0.1) is 5.69 Å². The van der Waals surface area contributed by atoms with Gasteiger partial charge >= 0.3 is 0 Å². The van der Waals surface area contributed by atoms with Gasteiger partial charge in [-0.1, -0.05) is 16.9 Å². The standard InChI is InChI=1S/C9H14ClN3/c1-8(4-3-5-10)6-9-7-13(2)12-11-9/h4,7H,3,5-6H2,1-2H3. The van der Waals surface area contributed by atoms with Crippen molar-refractivity contribution in [3.05, 3.63) is 23.5 Å². The van der Waals surface area contributed by atoms with Crippen molar-refractivity contribution in [3.8, 4) is 0 Å². The third-order valence-electron chi connectivity index (χ3n) is 1.71. The van der Waals surface area contributed by atoms with Gasteiger partial charge in [-0.05, 0) is 13.3 Å². The average Bonchev–Trinajstić information content (AvgIpc) is 2.48. The van der Waals surface area contributed by atoms with Crippen molar-refractivity contribution in [3.63, 3.8) is 0 Å². The van der Waals surface area contributed by atoms with E-state index in [1.807, 2.05) is 13.2 Å². The molecule has 1 aromatic rings. The van der Waals surface area contributed by atoms with Crippen molar-refractivity contribution in [1.29, 1.82) is 0 Å². The van der Waals surface area contributed by atoms with Gasteiger partial charge in [0.25, 0.3) is 0 Å². The molecule has 4 heteroatoms. The monoisotopic (exact) mass is 199 g/mol. The SMILES string of the molecule is CC(=CCCCl)Cc1cn(C)nn1. The number of aryl methyl sites for hydroxylation is 1. The van der Waals surface area contributed by atoms with Crippen LogP contribution in [0.2, 0.25) is 0 Å². The highest BCUT2D eigenvalue weighted by Crippen LogP contribution is 2.04. The highest BCUT2D eigenvalue weighted by atomic mass is 35.5. The minimum Gasteiger partial charge on any atom is -0.255 e. The fraction of sp³-hybridized carbons (Fsp3) is 0.556. The maximum Gasteiger partial charge on any atom is 0.0867 e. The minimum atomic E-state index is 0.678. The van der Waals surface area contributed by atoms with E-state index in [4.69, 9.17) is 11.6 Å². The first-order valence-corrected chi connectivity index (χ1v) is 4.82. The summed E-state index contributed by atoms with van der Waals surface area (Å²) in [4.78, 5) is 0. The summed E-state index contributed by atoms with van der Waals surface area (Å²) in [5.41, 5.74) is 2.30. The molecular formula is C9H14ClN3. The lowest BCUT2D eigenvalue weighted by Crippen LogP contribution is -1.87. The van der Waals surface area contributed by atoms with Gasteiger partial charge in [-0.2, -0.15) is 0 Å². The molecule has 3 nitrogen and oxygen atoms in total. The molecular weight excluding hydrogens is 186 g/mol. The Hall–Kier alpha value is -0.830. The topological polar surface area (TPSA) is 30.7 Å². The number of alkyl halides is 1. The number of halogens is 1. The van der Waals surface area contributed by atoms with Crippen LogP contribution in [0.25, 0.3) is 0 Å². The van der Waals surface area contributed by atoms with E-state index in [2.05, 4.69) is 23.3 Å². The lowest BCUT2D eigenvalue weighted by Gasteiger charge is -1.95. The fourth-order valence-electron chi connectivity index (χ4n) is 1.14. The number of nitrogens with zero attached hydrogens (tertiary/aromatic N) is 3. The predicted molar refractivity (Wildman–Crippen MR) is 53.8 cm³/mol. The summed E-state index contributed by atoms with van der Waals surface area (Å²) in [6.45, 7) is 2.08. The molecule has 0 amide bonds. The Balaban J connectivity index is 2.49. The van der Waals surface area contributed by atoms with Crippen molar-refractivity contribution in [1.82, 2.24) is 15.0 Å². The van der Waals surface area contributed by atoms with Crippen LogP contribution in [-0.4, -0.2) is 20.9 Å². The van der Waals surface area contributed by atoms with E-state index in [-0.39, 0.29) is 0 Å². The first-order valence-electron chi connectivity index (χ1n) is 4.29. The number of aromatic nitrogens is 3. The molecule has 0 aliphatic rings. The Morgan fingerprint density at radius 1 is 1.69 bits per heavy atom. The van der Waals surface area contributed by atoms with Gasteiger partial charge in [0.1, 0.15) is 0 Å². The van der Waals surface area contributed by atoms with E-state index in [0.717, 1.165) is 18.5 Å². The maximum atomic E-state index is 5.58. The number of rotatable bonds is 4. The highest BCUT2D eigenvalue weighted by Gasteiger charge is 1.98. The molecule has 0 fully saturated rings. The molecule has 0 aromatic carbocycles. The van der Waals surface area contributed by atoms with Crippen LogP contribution < -0.4 is 0 Å². The second-order valence-corrected chi connectivity index (χ2v) is 3.47. The lowest BCUT2D eigenvalue weighted by molar-refractivity contribution is 0.713. The van der Waals surface area contributed by atoms with Crippen LogP contribution in [0.4, 0.5) is 0 Å². The van der Waals surface area contributed by atoms with E-state index >= 15 is 0 Å². The van der Waals surface area contributed by atoms with Gasteiger partial charge in [-0.3, -0.25) is 4.68 Å². The Morgan fingerprint density at radius 2 is 2.46 bits per heavy atom. The van der Waals surface area contributed by atoms with Crippen molar-refractivity contribution >= 4 is 11.6 Å². The molecule has 0 saturated heterocycles. The summed E-state index contributed by atoms with van der Waals surface area (Å²) >= 11 is 5.58. The van der Waals surface area contributed by atoms with E-state index in [1.54, 1.807) is 4.68 Å². The van der Waals surface area contributed by atoms with E-state index in [1.165, 1.54) is 5.57 Å². The first kappa shape index (κ1) is 10.3. The molecule has 0 aliphatic heterocycles. The molecule has 0 aliphatic carbocycles. The van der Waals surface area contributed by atoms with Crippen LogP contribution >= 0.6 is 11.6 Å². The number of hydrogen-bond acceptors (Lipinski definition) is 2. The van der Waals surface area contributed by atoms with Gasteiger partial charge in [0.15, 0.2) is 0 Å². The van der Waals surface area contributed by atoms with Gasteiger partial charge in [-0.15, -0.1) is 16.7 Å². The zero-order chi connectivity index (χ0) is 9.68. The third kappa shape index (κ3) is 3.59. The van der Waals surface area contributed by atoms with Crippen molar-refractivity contribution in [2.24, 2.45) is 7.05 Å². The van der Waals surface area contributed by atoms with E-state index in [9.17, 15) is 0 Å². The number of hydrogen-bond donors (Lipinski definition) is 0. The second-order valence-electron chi connectivity index (χ2n) is 3.09. The van der Waals surface area contributed by atoms with Crippen LogP contribution in [0.3, 0.4) is 0 Å². The normalized spacial score (nSPS) is 12.1. The molecule has 0 N–H and O–H groups in total. The van der Waals surface area contributed by atoms with Crippen LogP contribution in [-0.2, 0) is 13.5 Å². The Labute approximate surface area is 83.4 Å². The molecule has 1 heterocycles. The Kier molecular flexibility index (Phi) is 3.96. The molecule has 1 aromatic heterocycles. The fourth-order valence-corrected chi connectivity index (χ4v) is 1.24. The van der Waals surface area contributed by atoms with Crippen LogP contribution in [0.5, 0.6) is 0 Å². The first-order chi connectivity index (χ1) is 6.22. The largest absolute Gasteiger partial charge is 0.255 e. The second kappa shape index (κ2) is 5.02. The average molecular weight is 200 g/mol. The smallest absolute Gasteiger partial charge is 0.0867 e. The third-order valence-corrected chi connectivity index (χ3v) is 1.93. The molecule has 0 saturated carbocycles. The summed E-state index contributed by atoms with van der Waals surface area (Å²) in [7, 11) is 1.87. The Bertz CT molecular complexity index is 291. The zero-order valence-corrected chi connectivity index (χ0v) is 8.75. The number of allylic oxidation sites excluding steroid dienone is 2. The zero-order valence-electron chi connectivity index (χ0n) is 8.00. The molecule has 0 bridgehead atoms. The summed E-state index contributed by atoms with van der Waals surface area (Å²) in [6.07, 6.45) is 5.86. The molecule has 0 atom stereocenters. The van der Waals surface area contributed by atoms with Crippen molar-refractivity contribution < 1.29 is 0 Å². The Morgan fingerprint density at radius 3 is 3.00 bits per heavy atom. The van der Waals surface area contributed by atoms with E-state index < -0.39 is 0 Å². The minimum absolute atomic E-state index is 0.678. The van der Waals surface area contributed by atoms with E-state index in [0.29, 0.717) is 5.88 Å². The molecule has 0 unspecified atom stereocenters. The summed E-state index contributed by atoms with van der Waals surface area (Å²) < 4.78 is 1.71. The summed E-state index contributed by atoms with van der Waals surface area (Å²) in [5.74, 6) is 0.678. The maximum absolute atomic E-state index is 5.58.